The lowest BCUT2D eigenvalue weighted by atomic mass is 9.87. The molecular weight excluding hydrogens is 939 g/mol. The summed E-state index contributed by atoms with van der Waals surface area (Å²) in [5.74, 6) is 0. The fourth-order valence-corrected chi connectivity index (χ4v) is 9.51. The Balaban J connectivity index is 0.000000170. The van der Waals surface area contributed by atoms with Gasteiger partial charge in [0.1, 0.15) is 0 Å². The van der Waals surface area contributed by atoms with E-state index in [-0.39, 0.29) is 0 Å². The van der Waals surface area contributed by atoms with Crippen molar-refractivity contribution in [1.82, 2.24) is 0 Å². The molecule has 10 aromatic rings. The molecule has 0 aliphatic heterocycles. The molecule has 0 heterocycles. The lowest BCUT2D eigenvalue weighted by Gasteiger charge is -2.17. The van der Waals surface area contributed by atoms with E-state index in [1.165, 1.54) is 100 Å². The zero-order valence-electron chi connectivity index (χ0n) is 47.9. The van der Waals surface area contributed by atoms with Gasteiger partial charge in [0.2, 0.25) is 0 Å². The molecule has 0 atom stereocenters. The van der Waals surface area contributed by atoms with Crippen LogP contribution in [0, 0.1) is 20.8 Å². The zero-order chi connectivity index (χ0) is 55.8. The zero-order valence-corrected chi connectivity index (χ0v) is 47.9. The fourth-order valence-electron chi connectivity index (χ4n) is 9.51. The maximum absolute atomic E-state index is 4.37. The smallest absolute Gasteiger partial charge is 0.0447 e. The second-order valence-corrected chi connectivity index (χ2v) is 19.3. The third kappa shape index (κ3) is 16.2. The number of aliphatic imine (C=N–C) groups is 1. The van der Waals surface area contributed by atoms with Crippen LogP contribution in [0.25, 0.3) is 72.3 Å². The van der Waals surface area contributed by atoms with Gasteiger partial charge in [0.15, 0.2) is 0 Å². The first-order chi connectivity index (χ1) is 37.9. The van der Waals surface area contributed by atoms with E-state index < -0.39 is 0 Å². The van der Waals surface area contributed by atoms with Gasteiger partial charge in [-0.15, -0.1) is 0 Å². The van der Waals surface area contributed by atoms with Gasteiger partial charge in [-0.25, -0.2) is 0 Å². The molecule has 0 N–H and O–H groups in total. The summed E-state index contributed by atoms with van der Waals surface area (Å²) in [4.78, 5) is 4.37. The van der Waals surface area contributed by atoms with Crippen LogP contribution in [-0.4, -0.2) is 5.71 Å². The summed E-state index contributed by atoms with van der Waals surface area (Å²) in [5, 5.41) is 0. The van der Waals surface area contributed by atoms with Crippen LogP contribution in [0.5, 0.6) is 0 Å². The van der Waals surface area contributed by atoms with Crippen molar-refractivity contribution in [2.45, 2.75) is 82.1 Å². The predicted octanol–water partition coefficient (Wildman–Crippen LogP) is 22.2. The van der Waals surface area contributed by atoms with Gasteiger partial charge in [-0.3, -0.25) is 4.99 Å². The van der Waals surface area contributed by atoms with E-state index in [4.69, 9.17) is 0 Å². The number of hydrogen-bond donors (Lipinski definition) is 0. The van der Waals surface area contributed by atoms with Crippen molar-refractivity contribution in [3.63, 3.8) is 0 Å². The number of hydrogen-bond acceptors (Lipinski definition) is 1. The first-order valence-corrected chi connectivity index (χ1v) is 27.6. The van der Waals surface area contributed by atoms with Crippen LogP contribution < -0.4 is 0 Å². The van der Waals surface area contributed by atoms with E-state index in [1.807, 2.05) is 45.9 Å². The van der Waals surface area contributed by atoms with Crippen LogP contribution in [0.2, 0.25) is 0 Å². The van der Waals surface area contributed by atoms with Crippen molar-refractivity contribution >= 4 is 11.3 Å². The summed E-state index contributed by atoms with van der Waals surface area (Å²) in [7, 11) is 0. The summed E-state index contributed by atoms with van der Waals surface area (Å²) in [5.41, 5.74) is 27.7. The maximum Gasteiger partial charge on any atom is 0.0447 e. The monoisotopic (exact) mass is 1020 g/mol. The minimum Gasteiger partial charge on any atom is -0.258 e. The first kappa shape index (κ1) is 58.6. The van der Waals surface area contributed by atoms with Gasteiger partial charge in [-0.1, -0.05) is 301 Å². The number of aryl methyl sites for hydroxylation is 3. The van der Waals surface area contributed by atoms with Gasteiger partial charge in [0.25, 0.3) is 0 Å². The van der Waals surface area contributed by atoms with Crippen LogP contribution >= 0.6 is 0 Å². The van der Waals surface area contributed by atoms with Crippen molar-refractivity contribution < 1.29 is 0 Å². The number of nitrogens with zero attached hydrogens (tertiary/aromatic N) is 1. The molecule has 0 radical (unpaired) electrons. The summed E-state index contributed by atoms with van der Waals surface area (Å²) in [6, 6.07) is 87.6. The Morgan fingerprint density at radius 2 is 0.705 bits per heavy atom. The third-order valence-electron chi connectivity index (χ3n) is 13.7. The Bertz CT molecular complexity index is 3410. The highest BCUT2D eigenvalue weighted by atomic mass is 14.7. The van der Waals surface area contributed by atoms with E-state index >= 15 is 0 Å². The molecule has 0 aliphatic carbocycles. The van der Waals surface area contributed by atoms with E-state index in [0.29, 0.717) is 0 Å². The first-order valence-electron chi connectivity index (χ1n) is 27.6. The predicted molar refractivity (Wildman–Crippen MR) is 344 cm³/mol. The lowest BCUT2D eigenvalue weighted by Crippen LogP contribution is -1.96. The standard InChI is InChI=1S/C24H26.C21H18.C17H17N.C13H12.C2H6/c1-5-19-11-7-9-13-23(19)21-15-16-22(18(4)17(21)3)24-14-10-8-12-20(24)6-2;1-16(2)20-10-6-7-11-21(20)19-14-12-18(13-15-19)17-8-4-3-5-9-17;1-13(2)18-14(3)15-9-11-17(12-10-15)16-7-5-4-6-8-16;1-11-6-5-9-13(10-11)12-7-3-2-4-8-12;1-2/h7-16H,5-6H2,1-4H3;3-15H,1H2,2H3;4-12H,1H2,2-3H3;2-10H,1H3;1-2H3. The summed E-state index contributed by atoms with van der Waals surface area (Å²) >= 11 is 0. The average Bonchev–Trinajstić information content (AvgIpc) is 3.51. The van der Waals surface area contributed by atoms with E-state index in [2.05, 4.69) is 290 Å². The molecule has 10 aromatic carbocycles. The van der Waals surface area contributed by atoms with E-state index in [9.17, 15) is 0 Å². The minimum absolute atomic E-state index is 0.833. The third-order valence-corrected chi connectivity index (χ3v) is 13.7. The minimum atomic E-state index is 0.833. The van der Waals surface area contributed by atoms with Gasteiger partial charge in [-0.05, 0) is 155 Å². The quantitative estimate of drug-likeness (QED) is 0.115. The molecule has 0 saturated heterocycles. The van der Waals surface area contributed by atoms with Crippen LogP contribution in [-0.2, 0) is 12.8 Å². The normalized spacial score (nSPS) is 10.5. The molecular formula is C77H79N. The second-order valence-electron chi connectivity index (χ2n) is 19.3. The summed E-state index contributed by atoms with van der Waals surface area (Å²) < 4.78 is 0. The molecule has 0 fully saturated rings. The van der Waals surface area contributed by atoms with Crippen molar-refractivity contribution in [2.75, 3.05) is 0 Å². The Morgan fingerprint density at radius 1 is 0.346 bits per heavy atom. The largest absolute Gasteiger partial charge is 0.258 e. The van der Waals surface area contributed by atoms with Crippen LogP contribution in [0.4, 0.5) is 0 Å². The van der Waals surface area contributed by atoms with Crippen LogP contribution in [0.1, 0.15) is 87.4 Å². The maximum atomic E-state index is 4.37. The Kier molecular flexibility index (Phi) is 22.7. The summed E-state index contributed by atoms with van der Waals surface area (Å²) in [6.45, 7) is 28.9. The molecule has 392 valence electrons. The topological polar surface area (TPSA) is 12.4 Å². The van der Waals surface area contributed by atoms with Crippen LogP contribution in [0.15, 0.2) is 273 Å². The number of benzene rings is 10. The highest BCUT2D eigenvalue weighted by Crippen LogP contribution is 2.36. The highest BCUT2D eigenvalue weighted by Gasteiger charge is 2.14. The summed E-state index contributed by atoms with van der Waals surface area (Å²) in [6.07, 6.45) is 2.13. The number of allylic oxidation sites excluding steroid dienone is 2. The van der Waals surface area contributed by atoms with Gasteiger partial charge in [-0.2, -0.15) is 0 Å². The van der Waals surface area contributed by atoms with E-state index in [0.717, 1.165) is 35.4 Å². The number of rotatable bonds is 11. The van der Waals surface area contributed by atoms with Gasteiger partial charge >= 0.3 is 0 Å². The Hall–Kier alpha value is -8.65. The Labute approximate surface area is 469 Å². The van der Waals surface area contributed by atoms with Crippen molar-refractivity contribution in [3.05, 3.63) is 307 Å². The van der Waals surface area contributed by atoms with Crippen LogP contribution in [0.3, 0.4) is 0 Å². The molecule has 0 amide bonds. The SMILES string of the molecule is C=C(C)N=C(C)c1ccc(-c2ccccc2)cc1.C=C(C)c1ccccc1-c1ccc(-c2ccccc2)cc1.CC.CCc1ccccc1-c1ccc(-c2ccccc2CC)c(C)c1C.Cc1cccc(-c2ccccc2)c1. The molecule has 0 unspecified atom stereocenters. The van der Waals surface area contributed by atoms with Crippen molar-refractivity contribution in [1.29, 1.82) is 0 Å². The molecule has 0 aliphatic rings. The van der Waals surface area contributed by atoms with E-state index in [1.54, 1.807) is 0 Å². The lowest BCUT2D eigenvalue weighted by molar-refractivity contribution is 1.14. The molecule has 0 saturated carbocycles. The Morgan fingerprint density at radius 3 is 1.13 bits per heavy atom. The van der Waals surface area contributed by atoms with Crippen molar-refractivity contribution in [2.24, 2.45) is 4.99 Å². The molecule has 1 heteroatoms. The molecule has 0 spiro atoms. The average molecular weight is 1020 g/mol. The highest BCUT2D eigenvalue weighted by molar-refractivity contribution is 5.99. The molecule has 78 heavy (non-hydrogen) atoms. The molecule has 10 rings (SSSR count). The molecule has 1 nitrogen and oxygen atoms in total. The molecule has 0 aromatic heterocycles. The molecule has 0 bridgehead atoms. The van der Waals surface area contributed by atoms with Gasteiger partial charge in [0, 0.05) is 11.4 Å². The second kappa shape index (κ2) is 30.2. The fraction of sp³-hybridized carbons (Fsp3) is 0.156. The van der Waals surface area contributed by atoms with Gasteiger partial charge in [0.05, 0.1) is 0 Å². The van der Waals surface area contributed by atoms with Crippen molar-refractivity contribution in [3.8, 4) is 66.8 Å². The van der Waals surface area contributed by atoms with Gasteiger partial charge < -0.3 is 0 Å².